The van der Waals surface area contributed by atoms with E-state index in [1.54, 1.807) is 0 Å². The predicted octanol–water partition coefficient (Wildman–Crippen LogP) is 5.52. The van der Waals surface area contributed by atoms with Gasteiger partial charge in [-0.1, -0.05) is 91.0 Å². The van der Waals surface area contributed by atoms with Gasteiger partial charge in [0.05, 0.1) is 12.1 Å². The van der Waals surface area contributed by atoms with Crippen molar-refractivity contribution >= 4 is 0 Å². The van der Waals surface area contributed by atoms with Crippen LogP contribution in [0.4, 0.5) is 0 Å². The van der Waals surface area contributed by atoms with Crippen LogP contribution in [0.2, 0.25) is 0 Å². The van der Waals surface area contributed by atoms with E-state index < -0.39 is 0 Å². The van der Waals surface area contributed by atoms with Crippen LogP contribution in [0.25, 0.3) is 11.3 Å². The molecule has 0 spiro atoms. The van der Waals surface area contributed by atoms with Crippen LogP contribution in [0.1, 0.15) is 22.9 Å². The third-order valence-electron chi connectivity index (χ3n) is 4.09. The maximum Gasteiger partial charge on any atom is 0.206 e. The molecule has 0 amide bonds. The van der Waals surface area contributed by atoms with Crippen molar-refractivity contribution in [1.29, 1.82) is 0 Å². The first-order chi connectivity index (χ1) is 11.9. The Bertz CT molecular complexity index is 859. The fourth-order valence-electron chi connectivity index (χ4n) is 2.93. The summed E-state index contributed by atoms with van der Waals surface area (Å²) in [6.45, 7) is 0. The lowest BCUT2D eigenvalue weighted by atomic mass is 9.91. The first-order valence-corrected chi connectivity index (χ1v) is 8.03. The molecule has 0 aliphatic rings. The Labute approximate surface area is 141 Å². The summed E-state index contributed by atoms with van der Waals surface area (Å²) < 4.78 is 6.13. The number of aromatic nitrogens is 1. The summed E-state index contributed by atoms with van der Waals surface area (Å²) in [5.41, 5.74) is 3.38. The summed E-state index contributed by atoms with van der Waals surface area (Å²) in [6, 6.07) is 30.8. The average molecular weight is 311 g/mol. The molecule has 0 bridgehead atoms. The highest BCUT2D eigenvalue weighted by atomic mass is 16.4. The predicted molar refractivity (Wildman–Crippen MR) is 95.8 cm³/mol. The third kappa shape index (κ3) is 2.86. The maximum atomic E-state index is 6.13. The van der Waals surface area contributed by atoms with Crippen LogP contribution in [0.3, 0.4) is 0 Å². The second kappa shape index (κ2) is 6.55. The molecule has 4 rings (SSSR count). The Morgan fingerprint density at radius 1 is 0.625 bits per heavy atom. The highest BCUT2D eigenvalue weighted by Gasteiger charge is 2.22. The van der Waals surface area contributed by atoms with Crippen molar-refractivity contribution in [3.8, 4) is 11.3 Å². The van der Waals surface area contributed by atoms with Crippen molar-refractivity contribution in [3.63, 3.8) is 0 Å². The zero-order valence-electron chi connectivity index (χ0n) is 13.2. The van der Waals surface area contributed by atoms with Crippen LogP contribution in [-0.2, 0) is 0 Å². The summed E-state index contributed by atoms with van der Waals surface area (Å²) in [4.78, 5) is 4.58. The highest BCUT2D eigenvalue weighted by molar-refractivity contribution is 5.56. The fraction of sp³-hybridized carbons (Fsp3) is 0.0455. The molecule has 0 N–H and O–H groups in total. The molecule has 116 valence electrons. The number of hydrogen-bond donors (Lipinski definition) is 0. The Kier molecular flexibility index (Phi) is 3.95. The lowest BCUT2D eigenvalue weighted by Gasteiger charge is -2.14. The molecule has 2 nitrogen and oxygen atoms in total. The van der Waals surface area contributed by atoms with Crippen LogP contribution < -0.4 is 0 Å². The summed E-state index contributed by atoms with van der Waals surface area (Å²) in [5.74, 6) is 1.50. The highest BCUT2D eigenvalue weighted by Crippen LogP contribution is 2.33. The quantitative estimate of drug-likeness (QED) is 0.496. The van der Waals surface area contributed by atoms with Gasteiger partial charge in [0, 0.05) is 5.56 Å². The van der Waals surface area contributed by atoms with E-state index in [9.17, 15) is 0 Å². The van der Waals surface area contributed by atoms with E-state index in [-0.39, 0.29) is 5.92 Å². The van der Waals surface area contributed by atoms with Crippen LogP contribution in [0, 0.1) is 0 Å². The molecule has 0 radical (unpaired) electrons. The number of oxazole rings is 1. The van der Waals surface area contributed by atoms with Gasteiger partial charge < -0.3 is 4.42 Å². The number of benzene rings is 3. The van der Waals surface area contributed by atoms with Crippen molar-refractivity contribution < 1.29 is 4.42 Å². The van der Waals surface area contributed by atoms with Crippen LogP contribution >= 0.6 is 0 Å². The molecule has 0 aliphatic heterocycles. The first kappa shape index (κ1) is 14.5. The number of nitrogens with zero attached hydrogens (tertiary/aromatic N) is 1. The Balaban J connectivity index is 1.79. The maximum absolute atomic E-state index is 6.13. The van der Waals surface area contributed by atoms with E-state index in [2.05, 4.69) is 29.2 Å². The number of rotatable bonds is 4. The third-order valence-corrected chi connectivity index (χ3v) is 4.09. The van der Waals surface area contributed by atoms with Crippen molar-refractivity contribution in [3.05, 3.63) is 114 Å². The zero-order valence-corrected chi connectivity index (χ0v) is 13.2. The standard InChI is InChI=1S/C22H17NO/c1-4-10-17(11-5-1)20-16-23-22(24-20)21(18-12-6-2-7-13-18)19-14-8-3-9-15-19/h1-16,21H. The van der Waals surface area contributed by atoms with Crippen LogP contribution in [-0.4, -0.2) is 4.98 Å². The molecule has 1 heterocycles. The SMILES string of the molecule is c1ccc(-c2cnc(C(c3ccccc3)c3ccccc3)o2)cc1. The summed E-state index contributed by atoms with van der Waals surface area (Å²) in [6.07, 6.45) is 1.81. The van der Waals surface area contributed by atoms with Gasteiger partial charge in [0.2, 0.25) is 5.89 Å². The van der Waals surface area contributed by atoms with Gasteiger partial charge in [-0.05, 0) is 11.1 Å². The van der Waals surface area contributed by atoms with Gasteiger partial charge in [0.1, 0.15) is 0 Å². The van der Waals surface area contributed by atoms with E-state index in [1.807, 2.05) is 72.9 Å². The minimum atomic E-state index is -0.00939. The molecule has 0 atom stereocenters. The molecule has 0 saturated heterocycles. The van der Waals surface area contributed by atoms with Gasteiger partial charge in [0.15, 0.2) is 5.76 Å². The lowest BCUT2D eigenvalue weighted by Crippen LogP contribution is -2.03. The van der Waals surface area contributed by atoms with Crippen molar-refractivity contribution in [1.82, 2.24) is 4.98 Å². The lowest BCUT2D eigenvalue weighted by molar-refractivity contribution is 0.499. The van der Waals surface area contributed by atoms with E-state index in [1.165, 1.54) is 11.1 Å². The van der Waals surface area contributed by atoms with E-state index in [0.717, 1.165) is 11.3 Å². The molecule has 2 heteroatoms. The van der Waals surface area contributed by atoms with Crippen molar-refractivity contribution in [2.75, 3.05) is 0 Å². The van der Waals surface area contributed by atoms with E-state index in [4.69, 9.17) is 4.42 Å². The number of hydrogen-bond acceptors (Lipinski definition) is 2. The molecule has 3 aromatic carbocycles. The molecule has 0 fully saturated rings. The molecule has 0 saturated carbocycles. The van der Waals surface area contributed by atoms with Gasteiger partial charge in [-0.25, -0.2) is 4.98 Å². The molecule has 24 heavy (non-hydrogen) atoms. The topological polar surface area (TPSA) is 26.0 Å². The van der Waals surface area contributed by atoms with Crippen LogP contribution in [0.5, 0.6) is 0 Å². The Morgan fingerprint density at radius 3 is 1.67 bits per heavy atom. The van der Waals surface area contributed by atoms with Crippen molar-refractivity contribution in [2.24, 2.45) is 0 Å². The largest absolute Gasteiger partial charge is 0.440 e. The first-order valence-electron chi connectivity index (χ1n) is 8.03. The minimum Gasteiger partial charge on any atom is -0.440 e. The normalized spacial score (nSPS) is 10.9. The summed E-state index contributed by atoms with van der Waals surface area (Å²) in [7, 11) is 0. The van der Waals surface area contributed by atoms with E-state index >= 15 is 0 Å². The van der Waals surface area contributed by atoms with Gasteiger partial charge in [-0.3, -0.25) is 0 Å². The zero-order chi connectivity index (χ0) is 16.2. The molecule has 0 unspecified atom stereocenters. The Morgan fingerprint density at radius 2 is 1.12 bits per heavy atom. The smallest absolute Gasteiger partial charge is 0.206 e. The molecule has 0 aliphatic carbocycles. The van der Waals surface area contributed by atoms with Crippen molar-refractivity contribution in [2.45, 2.75) is 5.92 Å². The average Bonchev–Trinajstić information content (AvgIpc) is 3.14. The van der Waals surface area contributed by atoms with Gasteiger partial charge in [-0.15, -0.1) is 0 Å². The molecular weight excluding hydrogens is 294 g/mol. The van der Waals surface area contributed by atoms with Gasteiger partial charge in [0.25, 0.3) is 0 Å². The second-order valence-electron chi connectivity index (χ2n) is 5.68. The summed E-state index contributed by atoms with van der Waals surface area (Å²) >= 11 is 0. The second-order valence-corrected chi connectivity index (χ2v) is 5.68. The summed E-state index contributed by atoms with van der Waals surface area (Å²) in [5, 5.41) is 0. The molecule has 1 aromatic heterocycles. The van der Waals surface area contributed by atoms with Gasteiger partial charge in [-0.2, -0.15) is 0 Å². The minimum absolute atomic E-state index is 0.00939. The van der Waals surface area contributed by atoms with Gasteiger partial charge >= 0.3 is 0 Å². The van der Waals surface area contributed by atoms with E-state index in [0.29, 0.717) is 5.89 Å². The molecule has 4 aromatic rings. The van der Waals surface area contributed by atoms with Crippen LogP contribution in [0.15, 0.2) is 102 Å². The monoisotopic (exact) mass is 311 g/mol. The fourth-order valence-corrected chi connectivity index (χ4v) is 2.93. The molecular formula is C22H17NO. The Hall–Kier alpha value is -3.13.